The number of fused-ring (bicyclic) bond motifs is 1. The van der Waals surface area contributed by atoms with E-state index in [-0.39, 0.29) is 18.3 Å². The molecule has 0 fully saturated rings. The smallest absolute Gasteiger partial charge is 0.316 e. The second kappa shape index (κ2) is 8.16. The Morgan fingerprint density at radius 3 is 2.78 bits per heavy atom. The molecule has 0 radical (unpaired) electrons. The van der Waals surface area contributed by atoms with E-state index >= 15 is 0 Å². The van der Waals surface area contributed by atoms with Crippen molar-refractivity contribution >= 4 is 50.6 Å². The Kier molecular flexibility index (Phi) is 5.47. The van der Waals surface area contributed by atoms with Gasteiger partial charge >= 0.3 is 5.97 Å². The summed E-state index contributed by atoms with van der Waals surface area (Å²) in [5.74, 6) is -0.112. The number of hydrogen-bond acceptors (Lipinski definition) is 8. The van der Waals surface area contributed by atoms with Crippen molar-refractivity contribution in [2.45, 2.75) is 18.6 Å². The fourth-order valence-corrected chi connectivity index (χ4v) is 4.98. The molecule has 3 heterocycles. The summed E-state index contributed by atoms with van der Waals surface area (Å²) in [6.45, 7) is 2.24. The fraction of sp³-hybridized carbons (Fsp3) is 0.158. The van der Waals surface area contributed by atoms with Gasteiger partial charge in [0.25, 0.3) is 0 Å². The maximum atomic E-state index is 12.1. The van der Waals surface area contributed by atoms with E-state index in [0.29, 0.717) is 5.03 Å². The predicted molar refractivity (Wildman–Crippen MR) is 110 cm³/mol. The molecule has 4 aromatic rings. The van der Waals surface area contributed by atoms with Crippen molar-refractivity contribution in [3.8, 4) is 10.6 Å². The first-order valence-electron chi connectivity index (χ1n) is 8.21. The molecule has 1 aromatic carbocycles. The molecular formula is C19H15N3O2S3. The number of carbonyl (C=O) groups is 1. The average Bonchev–Trinajstić information content (AvgIpc) is 3.34. The van der Waals surface area contributed by atoms with Gasteiger partial charge in [0.1, 0.15) is 22.8 Å². The Bertz CT molecular complexity index is 1060. The molecule has 0 unspecified atom stereocenters. The van der Waals surface area contributed by atoms with Gasteiger partial charge in [-0.1, -0.05) is 48.2 Å². The van der Waals surface area contributed by atoms with Gasteiger partial charge < -0.3 is 4.74 Å². The van der Waals surface area contributed by atoms with Crippen molar-refractivity contribution in [2.24, 2.45) is 0 Å². The molecule has 3 aromatic heterocycles. The third kappa shape index (κ3) is 4.18. The van der Waals surface area contributed by atoms with Gasteiger partial charge in [-0.2, -0.15) is 0 Å². The minimum Gasteiger partial charge on any atom is -0.460 e. The first kappa shape index (κ1) is 18.1. The summed E-state index contributed by atoms with van der Waals surface area (Å²) in [4.78, 5) is 17.7. The monoisotopic (exact) mass is 413 g/mol. The largest absolute Gasteiger partial charge is 0.460 e. The number of esters is 1. The van der Waals surface area contributed by atoms with Gasteiger partial charge in [-0.3, -0.25) is 4.79 Å². The van der Waals surface area contributed by atoms with Crippen molar-refractivity contribution in [3.05, 3.63) is 58.4 Å². The lowest BCUT2D eigenvalue weighted by molar-refractivity contribution is -0.141. The second-order valence-corrected chi connectivity index (χ2v) is 8.79. The van der Waals surface area contributed by atoms with Crippen LogP contribution in [0, 0.1) is 6.92 Å². The lowest BCUT2D eigenvalue weighted by atomic mass is 10.2. The maximum Gasteiger partial charge on any atom is 0.316 e. The van der Waals surface area contributed by atoms with E-state index in [4.69, 9.17) is 4.74 Å². The molecule has 0 spiro atoms. The number of thiophene rings is 1. The highest BCUT2D eigenvalue weighted by Gasteiger charge is 2.17. The van der Waals surface area contributed by atoms with Crippen LogP contribution in [0.3, 0.4) is 0 Å². The molecule has 27 heavy (non-hydrogen) atoms. The Morgan fingerprint density at radius 1 is 1.15 bits per heavy atom. The number of benzene rings is 1. The van der Waals surface area contributed by atoms with Gasteiger partial charge in [-0.25, -0.2) is 4.98 Å². The molecule has 136 valence electrons. The lowest BCUT2D eigenvalue weighted by Gasteiger charge is -2.05. The Morgan fingerprint density at radius 2 is 2.00 bits per heavy atom. The molecule has 0 aliphatic heterocycles. The summed E-state index contributed by atoms with van der Waals surface area (Å²) in [5.41, 5.74) is 2.62. The van der Waals surface area contributed by atoms with Crippen molar-refractivity contribution in [2.75, 3.05) is 5.75 Å². The van der Waals surface area contributed by atoms with Gasteiger partial charge in [0.05, 0.1) is 20.3 Å². The Balaban J connectivity index is 1.48. The van der Waals surface area contributed by atoms with Crippen LogP contribution >= 0.6 is 34.4 Å². The van der Waals surface area contributed by atoms with Crippen LogP contribution in [-0.4, -0.2) is 26.9 Å². The number of ether oxygens (including phenoxy) is 1. The zero-order chi connectivity index (χ0) is 18.6. The fourth-order valence-electron chi connectivity index (χ4n) is 2.50. The number of nitrogens with zero attached hydrogens (tertiary/aromatic N) is 3. The molecule has 0 aliphatic rings. The van der Waals surface area contributed by atoms with E-state index in [1.807, 2.05) is 54.8 Å². The highest BCUT2D eigenvalue weighted by atomic mass is 32.2. The standard InChI is InChI=1S/C19H15N3O2S3/c1-12-20-17-18(27-12)16(14-8-5-9-25-14)21-22-19(17)26-11-15(23)24-10-13-6-3-2-4-7-13/h2-9H,10-11H2,1H3. The summed E-state index contributed by atoms with van der Waals surface area (Å²) >= 11 is 4.53. The van der Waals surface area contributed by atoms with Crippen LogP contribution < -0.4 is 0 Å². The Hall–Kier alpha value is -2.29. The maximum absolute atomic E-state index is 12.1. The highest BCUT2D eigenvalue weighted by Crippen LogP contribution is 2.36. The SMILES string of the molecule is Cc1nc2c(SCC(=O)OCc3ccccc3)nnc(-c3cccs3)c2s1. The van der Waals surface area contributed by atoms with Gasteiger partial charge in [0.2, 0.25) is 0 Å². The summed E-state index contributed by atoms with van der Waals surface area (Å²) in [6, 6.07) is 13.6. The molecule has 0 saturated carbocycles. The Labute approximate surface area is 168 Å². The summed E-state index contributed by atoms with van der Waals surface area (Å²) in [5, 5.41) is 12.3. The van der Waals surface area contributed by atoms with Gasteiger partial charge in [-0.15, -0.1) is 32.9 Å². The first-order valence-corrected chi connectivity index (χ1v) is 10.9. The molecule has 8 heteroatoms. The zero-order valence-electron chi connectivity index (χ0n) is 14.4. The molecule has 0 bridgehead atoms. The van der Waals surface area contributed by atoms with Crippen LogP contribution in [0.2, 0.25) is 0 Å². The number of rotatable bonds is 6. The molecular weight excluding hydrogens is 398 g/mol. The number of aryl methyl sites for hydroxylation is 1. The zero-order valence-corrected chi connectivity index (χ0v) is 16.9. The van der Waals surface area contributed by atoms with E-state index in [1.54, 1.807) is 22.7 Å². The average molecular weight is 414 g/mol. The van der Waals surface area contributed by atoms with E-state index in [9.17, 15) is 4.79 Å². The van der Waals surface area contributed by atoms with Crippen LogP contribution in [0.1, 0.15) is 10.6 Å². The minimum atomic E-state index is -0.284. The van der Waals surface area contributed by atoms with E-state index in [2.05, 4.69) is 15.2 Å². The van der Waals surface area contributed by atoms with Crippen LogP contribution in [-0.2, 0) is 16.1 Å². The van der Waals surface area contributed by atoms with Crippen LogP contribution in [0.4, 0.5) is 0 Å². The van der Waals surface area contributed by atoms with Gasteiger partial charge in [-0.05, 0) is 23.9 Å². The molecule has 0 N–H and O–H groups in total. The van der Waals surface area contributed by atoms with Crippen molar-refractivity contribution in [1.82, 2.24) is 15.2 Å². The molecule has 5 nitrogen and oxygen atoms in total. The molecule has 0 saturated heterocycles. The van der Waals surface area contributed by atoms with Gasteiger partial charge in [0.15, 0.2) is 0 Å². The molecule has 4 rings (SSSR count). The van der Waals surface area contributed by atoms with Crippen molar-refractivity contribution in [1.29, 1.82) is 0 Å². The summed E-state index contributed by atoms with van der Waals surface area (Å²) in [6.07, 6.45) is 0. The van der Waals surface area contributed by atoms with Crippen molar-refractivity contribution in [3.63, 3.8) is 0 Å². The van der Waals surface area contributed by atoms with Crippen molar-refractivity contribution < 1.29 is 9.53 Å². The van der Waals surface area contributed by atoms with E-state index in [1.165, 1.54) is 11.8 Å². The van der Waals surface area contributed by atoms with Crippen LogP contribution in [0.25, 0.3) is 20.8 Å². The normalized spacial score (nSPS) is 11.0. The highest BCUT2D eigenvalue weighted by molar-refractivity contribution is 8.00. The summed E-state index contributed by atoms with van der Waals surface area (Å²) < 4.78 is 6.33. The third-order valence-electron chi connectivity index (χ3n) is 3.72. The van der Waals surface area contributed by atoms with Crippen LogP contribution in [0.15, 0.2) is 52.9 Å². The molecule has 0 amide bonds. The number of carbonyl (C=O) groups excluding carboxylic acids is 1. The van der Waals surface area contributed by atoms with E-state index < -0.39 is 0 Å². The minimum absolute atomic E-state index is 0.172. The lowest BCUT2D eigenvalue weighted by Crippen LogP contribution is -2.07. The first-order chi connectivity index (χ1) is 13.2. The number of thiazole rings is 1. The number of hydrogen-bond donors (Lipinski definition) is 0. The van der Waals surface area contributed by atoms with Gasteiger partial charge in [0, 0.05) is 0 Å². The topological polar surface area (TPSA) is 65.0 Å². The molecule has 0 atom stereocenters. The van der Waals surface area contributed by atoms with Crippen LogP contribution in [0.5, 0.6) is 0 Å². The quantitative estimate of drug-likeness (QED) is 0.329. The number of thioether (sulfide) groups is 1. The third-order valence-corrected chi connectivity index (χ3v) is 6.50. The summed E-state index contributed by atoms with van der Waals surface area (Å²) in [7, 11) is 0. The molecule has 0 aliphatic carbocycles. The second-order valence-electron chi connectivity index (χ2n) is 5.68. The predicted octanol–water partition coefficient (Wildman–Crippen LogP) is 4.96. The van der Waals surface area contributed by atoms with E-state index in [0.717, 1.165) is 31.4 Å². The number of aromatic nitrogens is 3.